The molecule has 0 bridgehead atoms. The lowest BCUT2D eigenvalue weighted by Gasteiger charge is -2.42. The summed E-state index contributed by atoms with van der Waals surface area (Å²) >= 11 is 0. The molecule has 0 spiro atoms. The van der Waals surface area contributed by atoms with E-state index in [0.717, 1.165) is 45.6 Å². The number of pyridine rings is 1. The van der Waals surface area contributed by atoms with Gasteiger partial charge in [0.25, 0.3) is 0 Å². The predicted molar refractivity (Wildman–Crippen MR) is 106 cm³/mol. The average molecular weight is 375 g/mol. The summed E-state index contributed by atoms with van der Waals surface area (Å²) in [5, 5.41) is 8.98. The van der Waals surface area contributed by atoms with Crippen LogP contribution in [-0.4, -0.2) is 83.1 Å². The number of aliphatic hydroxyl groups is 1. The Morgan fingerprint density at radius 1 is 1.22 bits per heavy atom. The van der Waals surface area contributed by atoms with Gasteiger partial charge in [0.1, 0.15) is 0 Å². The third-order valence-corrected chi connectivity index (χ3v) is 6.06. The number of rotatable bonds is 7. The molecule has 1 N–H and O–H groups in total. The molecule has 3 heterocycles. The molecule has 0 unspecified atom stereocenters. The fourth-order valence-corrected chi connectivity index (χ4v) is 4.46. The van der Waals surface area contributed by atoms with E-state index in [0.29, 0.717) is 19.0 Å². The second-order valence-electron chi connectivity index (χ2n) is 8.03. The lowest BCUT2D eigenvalue weighted by molar-refractivity contribution is -0.136. The van der Waals surface area contributed by atoms with Gasteiger partial charge in [0, 0.05) is 51.7 Å². The Hall–Kier alpha value is -1.50. The summed E-state index contributed by atoms with van der Waals surface area (Å²) in [6.45, 7) is 6.07. The van der Waals surface area contributed by atoms with E-state index in [-0.39, 0.29) is 18.4 Å². The summed E-state index contributed by atoms with van der Waals surface area (Å²) in [5.41, 5.74) is 1.33. The Kier molecular flexibility index (Phi) is 7.61. The molecule has 2 aliphatic heterocycles. The van der Waals surface area contributed by atoms with Crippen molar-refractivity contribution in [3.8, 4) is 0 Å². The zero-order valence-electron chi connectivity index (χ0n) is 16.6. The number of likely N-dealkylation sites (tertiary alicyclic amines) is 2. The van der Waals surface area contributed by atoms with Crippen molar-refractivity contribution in [1.29, 1.82) is 0 Å². The van der Waals surface area contributed by atoms with Crippen molar-refractivity contribution >= 4 is 5.91 Å². The lowest BCUT2D eigenvalue weighted by Crippen LogP contribution is -2.50. The summed E-state index contributed by atoms with van der Waals surface area (Å²) in [6.07, 6.45) is 8.88. The molecule has 0 radical (unpaired) electrons. The Labute approximate surface area is 163 Å². The first-order valence-electron chi connectivity index (χ1n) is 10.4. The smallest absolute Gasteiger partial charge is 0.226 e. The molecule has 0 aromatic carbocycles. The van der Waals surface area contributed by atoms with Crippen molar-refractivity contribution in [3.63, 3.8) is 0 Å². The van der Waals surface area contributed by atoms with Gasteiger partial charge in [-0.25, -0.2) is 0 Å². The molecule has 1 aromatic heterocycles. The van der Waals surface area contributed by atoms with E-state index in [9.17, 15) is 4.79 Å². The monoisotopic (exact) mass is 374 g/mol. The van der Waals surface area contributed by atoms with E-state index in [4.69, 9.17) is 5.11 Å². The van der Waals surface area contributed by atoms with Crippen LogP contribution in [0, 0.1) is 5.92 Å². The second-order valence-corrected chi connectivity index (χ2v) is 8.03. The molecule has 1 aromatic rings. The Bertz CT molecular complexity index is 575. The number of piperidine rings is 2. The zero-order chi connectivity index (χ0) is 19.1. The molecule has 2 saturated heterocycles. The Balaban J connectivity index is 1.46. The van der Waals surface area contributed by atoms with Gasteiger partial charge >= 0.3 is 0 Å². The minimum absolute atomic E-state index is 0.122. The van der Waals surface area contributed by atoms with Gasteiger partial charge in [-0.15, -0.1) is 0 Å². The highest BCUT2D eigenvalue weighted by Gasteiger charge is 2.32. The summed E-state index contributed by atoms with van der Waals surface area (Å²) in [5.74, 6) is 0.376. The van der Waals surface area contributed by atoms with Crippen LogP contribution >= 0.6 is 0 Å². The van der Waals surface area contributed by atoms with Crippen LogP contribution in [0.3, 0.4) is 0 Å². The first-order chi connectivity index (χ1) is 13.2. The van der Waals surface area contributed by atoms with Crippen molar-refractivity contribution < 1.29 is 9.90 Å². The van der Waals surface area contributed by atoms with Crippen molar-refractivity contribution in [2.75, 3.05) is 46.4 Å². The zero-order valence-corrected chi connectivity index (χ0v) is 16.6. The van der Waals surface area contributed by atoms with Gasteiger partial charge in [0.15, 0.2) is 0 Å². The number of aromatic nitrogens is 1. The largest absolute Gasteiger partial charge is 0.396 e. The van der Waals surface area contributed by atoms with E-state index < -0.39 is 0 Å². The third kappa shape index (κ3) is 5.74. The third-order valence-electron chi connectivity index (χ3n) is 6.06. The Morgan fingerprint density at radius 2 is 1.96 bits per heavy atom. The molecule has 6 nitrogen and oxygen atoms in total. The summed E-state index contributed by atoms with van der Waals surface area (Å²) in [6, 6.07) is 4.80. The summed E-state index contributed by atoms with van der Waals surface area (Å²) < 4.78 is 0. The number of carbonyl (C=O) groups excluding carboxylic acids is 1. The molecule has 0 saturated carbocycles. The lowest BCUT2D eigenvalue weighted by atomic mass is 9.93. The van der Waals surface area contributed by atoms with Gasteiger partial charge < -0.3 is 10.0 Å². The number of aliphatic hydroxyl groups excluding tert-OH is 1. The quantitative estimate of drug-likeness (QED) is 0.786. The van der Waals surface area contributed by atoms with Gasteiger partial charge in [-0.1, -0.05) is 0 Å². The number of carbonyl (C=O) groups is 1. The highest BCUT2D eigenvalue weighted by molar-refractivity contribution is 5.78. The van der Waals surface area contributed by atoms with Gasteiger partial charge in [-0.05, 0) is 69.4 Å². The molecule has 2 fully saturated rings. The van der Waals surface area contributed by atoms with Crippen LogP contribution in [0.5, 0.6) is 0 Å². The van der Waals surface area contributed by atoms with Crippen LogP contribution in [0.15, 0.2) is 24.5 Å². The Morgan fingerprint density at radius 3 is 2.67 bits per heavy atom. The molecule has 1 atom stereocenters. The van der Waals surface area contributed by atoms with Crippen LogP contribution in [0.25, 0.3) is 0 Å². The van der Waals surface area contributed by atoms with Gasteiger partial charge in [0.2, 0.25) is 5.91 Å². The topological polar surface area (TPSA) is 59.9 Å². The number of hydrogen-bond acceptors (Lipinski definition) is 5. The maximum Gasteiger partial charge on any atom is 0.226 e. The van der Waals surface area contributed by atoms with E-state index >= 15 is 0 Å². The molecule has 150 valence electrons. The highest BCUT2D eigenvalue weighted by Crippen LogP contribution is 2.25. The first-order valence-corrected chi connectivity index (χ1v) is 10.4. The van der Waals surface area contributed by atoms with Gasteiger partial charge in [-0.3, -0.25) is 19.6 Å². The average Bonchev–Trinajstić information content (AvgIpc) is 2.73. The molecule has 27 heavy (non-hydrogen) atoms. The van der Waals surface area contributed by atoms with E-state index in [1.54, 1.807) is 0 Å². The van der Waals surface area contributed by atoms with Crippen molar-refractivity contribution in [2.24, 2.45) is 5.92 Å². The van der Waals surface area contributed by atoms with Gasteiger partial charge in [-0.2, -0.15) is 0 Å². The molecule has 0 aliphatic carbocycles. The molecule has 1 amide bonds. The predicted octanol–water partition coefficient (Wildman–Crippen LogP) is 1.60. The van der Waals surface area contributed by atoms with Crippen molar-refractivity contribution in [2.45, 2.75) is 44.7 Å². The van der Waals surface area contributed by atoms with E-state index in [1.807, 2.05) is 24.3 Å². The normalized spacial score (nSPS) is 22.7. The van der Waals surface area contributed by atoms with Crippen LogP contribution in [0.1, 0.15) is 37.7 Å². The van der Waals surface area contributed by atoms with Crippen molar-refractivity contribution in [1.82, 2.24) is 19.7 Å². The summed E-state index contributed by atoms with van der Waals surface area (Å²) in [4.78, 5) is 23.7. The summed E-state index contributed by atoms with van der Waals surface area (Å²) in [7, 11) is 1.87. The van der Waals surface area contributed by atoms with Crippen LogP contribution in [0.4, 0.5) is 0 Å². The molecule has 2 aliphatic rings. The van der Waals surface area contributed by atoms with Gasteiger partial charge in [0.05, 0.1) is 5.92 Å². The molecule has 6 heteroatoms. The maximum atomic E-state index is 12.7. The second kappa shape index (κ2) is 10.2. The molecular formula is C21H34N4O2. The SMILES string of the molecule is CN(CCCO)C(=O)[C@H]1CCCN(C2CCN(Cc3ccncc3)CC2)C1. The van der Waals surface area contributed by atoms with Crippen molar-refractivity contribution in [3.05, 3.63) is 30.1 Å². The van der Waals surface area contributed by atoms with Crippen LogP contribution in [-0.2, 0) is 11.3 Å². The van der Waals surface area contributed by atoms with Crippen LogP contribution in [0.2, 0.25) is 0 Å². The fourth-order valence-electron chi connectivity index (χ4n) is 4.46. The number of hydrogen-bond donors (Lipinski definition) is 1. The van der Waals surface area contributed by atoms with Crippen LogP contribution < -0.4 is 0 Å². The number of amides is 1. The highest BCUT2D eigenvalue weighted by atomic mass is 16.3. The fraction of sp³-hybridized carbons (Fsp3) is 0.714. The maximum absolute atomic E-state index is 12.7. The minimum Gasteiger partial charge on any atom is -0.396 e. The first kappa shape index (κ1) is 20.2. The van der Waals surface area contributed by atoms with E-state index in [1.165, 1.54) is 18.4 Å². The van der Waals surface area contributed by atoms with E-state index in [2.05, 4.69) is 26.9 Å². The minimum atomic E-state index is 0.122. The molecule has 3 rings (SSSR count). The number of nitrogens with zero attached hydrogens (tertiary/aromatic N) is 4. The standard InChI is InChI=1S/C21H34N4O2/c1-23(11-3-15-26)21(27)19-4-2-12-25(17-19)20-7-13-24(14-8-20)16-18-5-9-22-10-6-18/h5-6,9-10,19-20,26H,2-4,7-8,11-17H2,1H3/t19-/m0/s1. The molecular weight excluding hydrogens is 340 g/mol.